The molecule has 1 N–H and O–H groups in total. The second-order valence-electron chi connectivity index (χ2n) is 4.29. The average molecular weight is 346 g/mol. The van der Waals surface area contributed by atoms with Gasteiger partial charge >= 0.3 is 0 Å². The van der Waals surface area contributed by atoms with Crippen LogP contribution in [0.25, 0.3) is 0 Å². The zero-order valence-corrected chi connectivity index (χ0v) is 13.9. The maximum Gasteiger partial charge on any atom is 0.120 e. The Hall–Kier alpha value is -0.620. The number of hydrogen-bond acceptors (Lipinski definition) is 4. The zero-order valence-electron chi connectivity index (χ0n) is 12.3. The van der Waals surface area contributed by atoms with Gasteiger partial charge in [0.1, 0.15) is 5.75 Å². The maximum atomic E-state index is 5.60. The molecule has 114 valence electrons. The van der Waals surface area contributed by atoms with E-state index in [1.807, 2.05) is 19.1 Å². The summed E-state index contributed by atoms with van der Waals surface area (Å²) in [5, 5.41) is 3.24. The summed E-state index contributed by atoms with van der Waals surface area (Å²) in [6.07, 6.45) is 0.894. The van der Waals surface area contributed by atoms with Gasteiger partial charge in [-0.25, -0.2) is 0 Å². The van der Waals surface area contributed by atoms with E-state index in [9.17, 15) is 0 Å². The molecule has 0 aromatic heterocycles. The standard InChI is InChI=1S/C15H24BrNO3/c1-3-20-14-5-4-13(15(16)12-14)6-9-19-11-8-17-7-10-18-2/h4-5,12,17H,3,6-11H2,1-2H3. The van der Waals surface area contributed by atoms with Gasteiger partial charge in [0.25, 0.3) is 0 Å². The van der Waals surface area contributed by atoms with Crippen molar-refractivity contribution in [3.63, 3.8) is 0 Å². The number of halogens is 1. The molecule has 0 fully saturated rings. The molecule has 1 aromatic carbocycles. The summed E-state index contributed by atoms with van der Waals surface area (Å²) in [5.74, 6) is 0.895. The van der Waals surface area contributed by atoms with Crippen molar-refractivity contribution in [3.05, 3.63) is 28.2 Å². The van der Waals surface area contributed by atoms with Crippen LogP contribution < -0.4 is 10.1 Å². The minimum absolute atomic E-state index is 0.685. The Bertz CT molecular complexity index is 374. The van der Waals surface area contributed by atoms with E-state index in [0.717, 1.165) is 49.6 Å². The molecule has 1 rings (SSSR count). The summed E-state index contributed by atoms with van der Waals surface area (Å²) in [7, 11) is 1.70. The van der Waals surface area contributed by atoms with Gasteiger partial charge in [0, 0.05) is 24.7 Å². The highest BCUT2D eigenvalue weighted by molar-refractivity contribution is 9.10. The fraction of sp³-hybridized carbons (Fsp3) is 0.600. The molecule has 0 unspecified atom stereocenters. The van der Waals surface area contributed by atoms with Crippen LogP contribution in [0.2, 0.25) is 0 Å². The Morgan fingerprint density at radius 1 is 1.15 bits per heavy atom. The smallest absolute Gasteiger partial charge is 0.120 e. The van der Waals surface area contributed by atoms with E-state index in [4.69, 9.17) is 14.2 Å². The fourth-order valence-corrected chi connectivity index (χ4v) is 2.27. The molecule has 0 saturated heterocycles. The Morgan fingerprint density at radius 2 is 1.95 bits per heavy atom. The van der Waals surface area contributed by atoms with Crippen LogP contribution in [0.1, 0.15) is 12.5 Å². The molecule has 0 aliphatic heterocycles. The average Bonchev–Trinajstić information content (AvgIpc) is 2.44. The lowest BCUT2D eigenvalue weighted by atomic mass is 10.1. The number of nitrogens with one attached hydrogen (secondary N) is 1. The van der Waals surface area contributed by atoms with Gasteiger partial charge in [0.15, 0.2) is 0 Å². The second-order valence-corrected chi connectivity index (χ2v) is 5.15. The van der Waals surface area contributed by atoms with Crippen molar-refractivity contribution in [2.75, 3.05) is 46.6 Å². The number of benzene rings is 1. The largest absolute Gasteiger partial charge is 0.494 e. The molecule has 0 amide bonds. The van der Waals surface area contributed by atoms with Gasteiger partial charge in [0.2, 0.25) is 0 Å². The highest BCUT2D eigenvalue weighted by Gasteiger charge is 2.02. The Kier molecular flexibility index (Phi) is 9.66. The summed E-state index contributed by atoms with van der Waals surface area (Å²) in [5.41, 5.74) is 1.24. The lowest BCUT2D eigenvalue weighted by Crippen LogP contribution is -2.23. The molecule has 0 aliphatic rings. The predicted octanol–water partition coefficient (Wildman–Crippen LogP) is 2.64. The molecule has 0 radical (unpaired) electrons. The summed E-state index contributed by atoms with van der Waals surface area (Å²) in [4.78, 5) is 0. The van der Waals surface area contributed by atoms with Crippen molar-refractivity contribution >= 4 is 15.9 Å². The highest BCUT2D eigenvalue weighted by Crippen LogP contribution is 2.23. The molecule has 0 atom stereocenters. The Balaban J connectivity index is 2.15. The van der Waals surface area contributed by atoms with Gasteiger partial charge < -0.3 is 19.5 Å². The first-order valence-electron chi connectivity index (χ1n) is 6.96. The SMILES string of the molecule is CCOc1ccc(CCOCCNCCOC)c(Br)c1. The molecule has 0 heterocycles. The molecular formula is C15H24BrNO3. The number of hydrogen-bond donors (Lipinski definition) is 1. The molecule has 5 heteroatoms. The number of methoxy groups -OCH3 is 1. The Morgan fingerprint density at radius 3 is 2.65 bits per heavy atom. The number of ether oxygens (including phenoxy) is 3. The van der Waals surface area contributed by atoms with Crippen molar-refractivity contribution in [1.82, 2.24) is 5.32 Å². The van der Waals surface area contributed by atoms with Gasteiger partial charge in [-0.1, -0.05) is 22.0 Å². The van der Waals surface area contributed by atoms with E-state index in [1.54, 1.807) is 7.11 Å². The van der Waals surface area contributed by atoms with Gasteiger partial charge in [-0.05, 0) is 31.0 Å². The normalized spacial score (nSPS) is 10.8. The third-order valence-corrected chi connectivity index (χ3v) is 3.50. The van der Waals surface area contributed by atoms with E-state index in [0.29, 0.717) is 6.61 Å². The van der Waals surface area contributed by atoms with Crippen molar-refractivity contribution in [1.29, 1.82) is 0 Å². The van der Waals surface area contributed by atoms with E-state index >= 15 is 0 Å². The molecule has 0 bridgehead atoms. The second kappa shape index (κ2) is 11.1. The van der Waals surface area contributed by atoms with E-state index in [-0.39, 0.29) is 0 Å². The van der Waals surface area contributed by atoms with Crippen LogP contribution in [0, 0.1) is 0 Å². The lowest BCUT2D eigenvalue weighted by Gasteiger charge is -2.09. The van der Waals surface area contributed by atoms with Crippen LogP contribution in [0.3, 0.4) is 0 Å². The molecular weight excluding hydrogens is 322 g/mol. The molecule has 1 aromatic rings. The van der Waals surface area contributed by atoms with Crippen LogP contribution in [0.5, 0.6) is 5.75 Å². The Labute approximate surface area is 129 Å². The van der Waals surface area contributed by atoms with E-state index < -0.39 is 0 Å². The summed E-state index contributed by atoms with van der Waals surface area (Å²) in [6, 6.07) is 6.08. The first kappa shape index (κ1) is 17.4. The van der Waals surface area contributed by atoms with Crippen LogP contribution in [-0.4, -0.2) is 46.6 Å². The molecule has 20 heavy (non-hydrogen) atoms. The first-order valence-corrected chi connectivity index (χ1v) is 7.75. The number of rotatable bonds is 11. The van der Waals surface area contributed by atoms with Gasteiger partial charge in [-0.15, -0.1) is 0 Å². The summed E-state index contributed by atoms with van der Waals surface area (Å²) >= 11 is 3.57. The minimum atomic E-state index is 0.685. The van der Waals surface area contributed by atoms with E-state index in [2.05, 4.69) is 27.3 Å². The monoisotopic (exact) mass is 345 g/mol. The molecule has 0 saturated carbocycles. The van der Waals surface area contributed by atoms with E-state index in [1.165, 1.54) is 5.56 Å². The molecule has 0 aliphatic carbocycles. The summed E-state index contributed by atoms with van der Waals surface area (Å²) in [6.45, 7) is 6.56. The van der Waals surface area contributed by atoms with Crippen molar-refractivity contribution < 1.29 is 14.2 Å². The highest BCUT2D eigenvalue weighted by atomic mass is 79.9. The van der Waals surface area contributed by atoms with Crippen LogP contribution in [0.4, 0.5) is 0 Å². The van der Waals surface area contributed by atoms with Crippen molar-refractivity contribution in [2.45, 2.75) is 13.3 Å². The fourth-order valence-electron chi connectivity index (χ4n) is 1.71. The van der Waals surface area contributed by atoms with Crippen molar-refractivity contribution in [2.24, 2.45) is 0 Å². The maximum absolute atomic E-state index is 5.60. The first-order chi connectivity index (χ1) is 9.77. The third kappa shape index (κ3) is 7.24. The van der Waals surface area contributed by atoms with Gasteiger partial charge in [-0.2, -0.15) is 0 Å². The quantitative estimate of drug-likeness (QED) is 0.626. The van der Waals surface area contributed by atoms with Gasteiger partial charge in [0.05, 0.1) is 26.4 Å². The summed E-state index contributed by atoms with van der Waals surface area (Å²) < 4.78 is 17.1. The topological polar surface area (TPSA) is 39.7 Å². The minimum Gasteiger partial charge on any atom is -0.494 e. The molecule has 0 spiro atoms. The van der Waals surface area contributed by atoms with Crippen LogP contribution in [-0.2, 0) is 15.9 Å². The third-order valence-electron chi connectivity index (χ3n) is 2.76. The molecule has 4 nitrogen and oxygen atoms in total. The van der Waals surface area contributed by atoms with Crippen LogP contribution >= 0.6 is 15.9 Å². The zero-order chi connectivity index (χ0) is 14.6. The van der Waals surface area contributed by atoms with Crippen molar-refractivity contribution in [3.8, 4) is 5.75 Å². The van der Waals surface area contributed by atoms with Crippen LogP contribution in [0.15, 0.2) is 22.7 Å². The van der Waals surface area contributed by atoms with Gasteiger partial charge in [-0.3, -0.25) is 0 Å². The lowest BCUT2D eigenvalue weighted by molar-refractivity contribution is 0.135. The predicted molar refractivity (Wildman–Crippen MR) is 84.6 cm³/mol.